The van der Waals surface area contributed by atoms with Crippen LogP contribution < -0.4 is 10.2 Å². The average molecular weight is 385 g/mol. The van der Waals surface area contributed by atoms with E-state index in [1.165, 1.54) is 4.31 Å². The van der Waals surface area contributed by atoms with E-state index in [4.69, 9.17) is 0 Å². The number of anilines is 1. The second-order valence-corrected chi connectivity index (χ2v) is 9.07. The van der Waals surface area contributed by atoms with E-state index in [-0.39, 0.29) is 11.7 Å². The van der Waals surface area contributed by atoms with Crippen LogP contribution in [0.5, 0.6) is 0 Å². The smallest absolute Gasteiger partial charge is 0.247 e. The number of carbonyl (C=O) groups excluding carboxylic acids is 1. The van der Waals surface area contributed by atoms with Crippen LogP contribution in [-0.2, 0) is 20.6 Å². The number of para-hydroxylation sites is 1. The third kappa shape index (κ3) is 3.33. The van der Waals surface area contributed by atoms with Crippen LogP contribution in [0, 0.1) is 0 Å². The fourth-order valence-electron chi connectivity index (χ4n) is 4.04. The number of amides is 1. The van der Waals surface area contributed by atoms with Gasteiger partial charge in [-0.15, -0.1) is 0 Å². The van der Waals surface area contributed by atoms with E-state index in [9.17, 15) is 13.2 Å². The predicted octanol–water partition coefficient (Wildman–Crippen LogP) is 1.94. The van der Waals surface area contributed by atoms with Gasteiger partial charge in [-0.05, 0) is 30.5 Å². The molecule has 1 amide bonds. The number of nitrogens with zero attached hydrogens (tertiary/aromatic N) is 2. The standard InChI is InChI=1S/C20H23N3O3S/c24-19-20(23(16-21-19)18-9-5-2-6-10-18)11-13-22(14-12-20)27(25,26)15-17-7-3-1-4-8-17/h1-10H,11-16H2,(H,21,24). The van der Waals surface area contributed by atoms with Crippen molar-refractivity contribution in [1.82, 2.24) is 9.62 Å². The fourth-order valence-corrected chi connectivity index (χ4v) is 5.58. The van der Waals surface area contributed by atoms with Crippen LogP contribution in [-0.4, -0.2) is 43.9 Å². The Labute approximate surface area is 159 Å². The molecule has 0 saturated carbocycles. The first-order valence-electron chi connectivity index (χ1n) is 9.14. The summed E-state index contributed by atoms with van der Waals surface area (Å²) in [5.41, 5.74) is 1.10. The molecule has 0 aromatic heterocycles. The van der Waals surface area contributed by atoms with Gasteiger partial charge in [-0.1, -0.05) is 48.5 Å². The van der Waals surface area contributed by atoms with Gasteiger partial charge in [0.15, 0.2) is 0 Å². The molecule has 2 aliphatic heterocycles. The van der Waals surface area contributed by atoms with Crippen molar-refractivity contribution >= 4 is 21.6 Å². The Morgan fingerprint density at radius 2 is 1.52 bits per heavy atom. The third-order valence-corrected chi connectivity index (χ3v) is 7.39. The van der Waals surface area contributed by atoms with Crippen molar-refractivity contribution in [1.29, 1.82) is 0 Å². The number of carbonyl (C=O) groups is 1. The van der Waals surface area contributed by atoms with Gasteiger partial charge in [-0.2, -0.15) is 0 Å². The summed E-state index contributed by atoms with van der Waals surface area (Å²) in [5.74, 6) is -0.0124. The minimum Gasteiger partial charge on any atom is -0.339 e. The molecule has 4 rings (SSSR count). The molecule has 0 bridgehead atoms. The fraction of sp³-hybridized carbons (Fsp3) is 0.350. The summed E-state index contributed by atoms with van der Waals surface area (Å²) in [4.78, 5) is 14.7. The molecule has 2 aromatic rings. The van der Waals surface area contributed by atoms with Gasteiger partial charge in [0.1, 0.15) is 5.54 Å². The summed E-state index contributed by atoms with van der Waals surface area (Å²) >= 11 is 0. The summed E-state index contributed by atoms with van der Waals surface area (Å²) in [5, 5.41) is 2.94. The summed E-state index contributed by atoms with van der Waals surface area (Å²) < 4.78 is 27.1. The second kappa shape index (κ2) is 6.98. The number of piperidine rings is 1. The summed E-state index contributed by atoms with van der Waals surface area (Å²) in [6.45, 7) is 1.16. The van der Waals surface area contributed by atoms with Crippen LogP contribution >= 0.6 is 0 Å². The van der Waals surface area contributed by atoms with Crippen molar-refractivity contribution in [2.45, 2.75) is 24.1 Å². The van der Waals surface area contributed by atoms with Gasteiger partial charge >= 0.3 is 0 Å². The van der Waals surface area contributed by atoms with Crippen LogP contribution in [0.1, 0.15) is 18.4 Å². The SMILES string of the molecule is O=C1NCN(c2ccccc2)C12CCN(S(=O)(=O)Cc1ccccc1)CC2. The summed E-state index contributed by atoms with van der Waals surface area (Å²) in [7, 11) is -3.40. The van der Waals surface area contributed by atoms with Gasteiger partial charge < -0.3 is 10.2 Å². The Morgan fingerprint density at radius 3 is 2.15 bits per heavy atom. The van der Waals surface area contributed by atoms with Gasteiger partial charge in [-0.25, -0.2) is 12.7 Å². The maximum atomic E-state index is 12.8. The zero-order valence-electron chi connectivity index (χ0n) is 15.0. The highest BCUT2D eigenvalue weighted by molar-refractivity contribution is 7.88. The van der Waals surface area contributed by atoms with Gasteiger partial charge in [-0.3, -0.25) is 4.79 Å². The number of hydrogen-bond acceptors (Lipinski definition) is 4. The quantitative estimate of drug-likeness (QED) is 0.873. The number of hydrogen-bond donors (Lipinski definition) is 1. The van der Waals surface area contributed by atoms with E-state index in [1.807, 2.05) is 60.7 Å². The van der Waals surface area contributed by atoms with E-state index in [2.05, 4.69) is 10.2 Å². The molecule has 142 valence electrons. The van der Waals surface area contributed by atoms with Crippen LogP contribution in [0.4, 0.5) is 5.69 Å². The molecule has 2 saturated heterocycles. The van der Waals surface area contributed by atoms with Crippen LogP contribution in [0.2, 0.25) is 0 Å². The summed E-state index contributed by atoms with van der Waals surface area (Å²) in [6.07, 6.45) is 0.976. The highest BCUT2D eigenvalue weighted by atomic mass is 32.2. The van der Waals surface area contributed by atoms with E-state index in [0.29, 0.717) is 32.6 Å². The molecule has 2 fully saturated rings. The molecule has 0 aliphatic carbocycles. The molecular formula is C20H23N3O3S. The van der Waals surface area contributed by atoms with Crippen molar-refractivity contribution in [3.63, 3.8) is 0 Å². The molecule has 0 radical (unpaired) electrons. The topological polar surface area (TPSA) is 69.7 Å². The first-order valence-corrected chi connectivity index (χ1v) is 10.7. The monoisotopic (exact) mass is 385 g/mol. The van der Waals surface area contributed by atoms with Crippen molar-refractivity contribution in [3.05, 3.63) is 66.2 Å². The first-order chi connectivity index (χ1) is 13.0. The van der Waals surface area contributed by atoms with Crippen LogP contribution in [0.15, 0.2) is 60.7 Å². The lowest BCUT2D eigenvalue weighted by Crippen LogP contribution is -2.57. The van der Waals surface area contributed by atoms with Crippen LogP contribution in [0.25, 0.3) is 0 Å². The van der Waals surface area contributed by atoms with Crippen molar-refractivity contribution in [2.24, 2.45) is 0 Å². The Balaban J connectivity index is 1.51. The molecule has 1 spiro atoms. The molecule has 7 heteroatoms. The molecule has 27 heavy (non-hydrogen) atoms. The molecule has 0 unspecified atom stereocenters. The number of rotatable bonds is 4. The van der Waals surface area contributed by atoms with Crippen molar-refractivity contribution in [2.75, 3.05) is 24.7 Å². The van der Waals surface area contributed by atoms with Crippen molar-refractivity contribution in [3.8, 4) is 0 Å². The second-order valence-electron chi connectivity index (χ2n) is 7.10. The van der Waals surface area contributed by atoms with E-state index in [0.717, 1.165) is 11.3 Å². The average Bonchev–Trinajstić information content (AvgIpc) is 2.99. The van der Waals surface area contributed by atoms with Gasteiger partial charge in [0, 0.05) is 18.8 Å². The zero-order valence-corrected chi connectivity index (χ0v) is 15.9. The maximum absolute atomic E-state index is 12.8. The Bertz CT molecular complexity index is 908. The Kier molecular flexibility index (Phi) is 4.65. The number of benzene rings is 2. The largest absolute Gasteiger partial charge is 0.339 e. The normalized spacial score (nSPS) is 20.0. The maximum Gasteiger partial charge on any atom is 0.247 e. The zero-order chi connectivity index (χ0) is 18.9. The Hall–Kier alpha value is -2.38. The molecule has 2 aliphatic rings. The Morgan fingerprint density at radius 1 is 0.926 bits per heavy atom. The minimum atomic E-state index is -3.40. The van der Waals surface area contributed by atoms with Gasteiger partial charge in [0.25, 0.3) is 0 Å². The molecule has 2 heterocycles. The molecule has 1 N–H and O–H groups in total. The van der Waals surface area contributed by atoms with Gasteiger partial charge in [0.05, 0.1) is 12.4 Å². The van der Waals surface area contributed by atoms with Crippen molar-refractivity contribution < 1.29 is 13.2 Å². The predicted molar refractivity (Wildman–Crippen MR) is 105 cm³/mol. The van der Waals surface area contributed by atoms with E-state index < -0.39 is 15.6 Å². The van der Waals surface area contributed by atoms with Crippen LogP contribution in [0.3, 0.4) is 0 Å². The van der Waals surface area contributed by atoms with E-state index in [1.54, 1.807) is 0 Å². The molecule has 2 aromatic carbocycles. The molecular weight excluding hydrogens is 362 g/mol. The number of sulfonamides is 1. The lowest BCUT2D eigenvalue weighted by molar-refractivity contribution is -0.124. The lowest BCUT2D eigenvalue weighted by atomic mass is 9.86. The summed E-state index contributed by atoms with van der Waals surface area (Å²) in [6, 6.07) is 19.0. The van der Waals surface area contributed by atoms with E-state index >= 15 is 0 Å². The number of nitrogens with one attached hydrogen (secondary N) is 1. The minimum absolute atomic E-state index is 0.00453. The van der Waals surface area contributed by atoms with Gasteiger partial charge in [0.2, 0.25) is 15.9 Å². The molecule has 0 atom stereocenters. The lowest BCUT2D eigenvalue weighted by Gasteiger charge is -2.42. The first kappa shape index (κ1) is 18.0. The highest BCUT2D eigenvalue weighted by Crippen LogP contribution is 2.37. The third-order valence-electron chi connectivity index (χ3n) is 5.54. The highest BCUT2D eigenvalue weighted by Gasteiger charge is 2.51. The molecule has 6 nitrogen and oxygen atoms in total.